The van der Waals surface area contributed by atoms with E-state index in [9.17, 15) is 22.8 Å². The number of benzene rings is 1. The number of alkyl halides is 3. The van der Waals surface area contributed by atoms with E-state index in [-0.39, 0.29) is 16.7 Å². The number of carboxylic acids is 1. The number of anilines is 1. The first-order chi connectivity index (χ1) is 10.7. The molecule has 2 rings (SSSR count). The van der Waals surface area contributed by atoms with Crippen molar-refractivity contribution in [2.45, 2.75) is 12.8 Å². The summed E-state index contributed by atoms with van der Waals surface area (Å²) in [5.74, 6) is -1.99. The van der Waals surface area contributed by atoms with Gasteiger partial charge in [-0.3, -0.25) is 4.79 Å². The highest BCUT2D eigenvalue weighted by Crippen LogP contribution is 2.32. The summed E-state index contributed by atoms with van der Waals surface area (Å²) in [6.45, 7) is 0.400. The van der Waals surface area contributed by atoms with Gasteiger partial charge in [-0.15, -0.1) is 13.2 Å². The summed E-state index contributed by atoms with van der Waals surface area (Å²) in [7, 11) is 0. The number of carbonyl (C=O) groups excluding carboxylic acids is 1. The average Bonchev–Trinajstić information content (AvgIpc) is 2.90. The molecule has 0 aliphatic carbocycles. The van der Waals surface area contributed by atoms with Crippen LogP contribution in [0.15, 0.2) is 22.7 Å². The second-order valence-electron chi connectivity index (χ2n) is 4.89. The van der Waals surface area contributed by atoms with Gasteiger partial charge in [0.2, 0.25) is 0 Å². The number of nitrogens with one attached hydrogen (secondary N) is 1. The molecule has 1 saturated heterocycles. The lowest BCUT2D eigenvalue weighted by Crippen LogP contribution is -2.33. The van der Waals surface area contributed by atoms with Gasteiger partial charge in [0.25, 0.3) is 0 Å². The zero-order chi connectivity index (χ0) is 17.2. The molecule has 0 spiro atoms. The molecule has 0 bridgehead atoms. The van der Waals surface area contributed by atoms with Crippen molar-refractivity contribution < 1.29 is 32.6 Å². The van der Waals surface area contributed by atoms with Crippen LogP contribution in [0.4, 0.5) is 23.7 Å². The number of likely N-dealkylation sites (tertiary alicyclic amines) is 1. The molecule has 1 atom stereocenters. The highest BCUT2D eigenvalue weighted by Gasteiger charge is 2.32. The van der Waals surface area contributed by atoms with Crippen molar-refractivity contribution in [3.8, 4) is 5.75 Å². The second-order valence-corrected chi connectivity index (χ2v) is 5.75. The Morgan fingerprint density at radius 3 is 2.61 bits per heavy atom. The van der Waals surface area contributed by atoms with Crippen LogP contribution in [0.5, 0.6) is 5.75 Å². The SMILES string of the molecule is O=C(O)C1CCN(C(=O)Nc2ccc(OC(F)(F)F)c(Br)c2)C1. The minimum absolute atomic E-state index is 0.0254. The van der Waals surface area contributed by atoms with Gasteiger partial charge < -0.3 is 20.1 Å². The summed E-state index contributed by atoms with van der Waals surface area (Å²) < 4.78 is 40.3. The van der Waals surface area contributed by atoms with E-state index in [1.807, 2.05) is 0 Å². The summed E-state index contributed by atoms with van der Waals surface area (Å²) in [5.41, 5.74) is 0.259. The predicted octanol–water partition coefficient (Wildman–Crippen LogP) is 3.29. The number of halogens is 4. The Balaban J connectivity index is 1.99. The summed E-state index contributed by atoms with van der Waals surface area (Å²) in [5, 5.41) is 11.4. The minimum Gasteiger partial charge on any atom is -0.481 e. The molecule has 10 heteroatoms. The molecule has 0 aromatic heterocycles. The third kappa shape index (κ3) is 4.75. The van der Waals surface area contributed by atoms with Crippen molar-refractivity contribution in [1.29, 1.82) is 0 Å². The predicted molar refractivity (Wildman–Crippen MR) is 77.2 cm³/mol. The molecule has 126 valence electrons. The van der Waals surface area contributed by atoms with Gasteiger partial charge in [0.15, 0.2) is 0 Å². The molecule has 1 unspecified atom stereocenters. The van der Waals surface area contributed by atoms with E-state index in [4.69, 9.17) is 5.11 Å². The standard InChI is InChI=1S/C13H12BrF3N2O4/c14-9-5-8(1-2-10(9)23-13(15,16)17)18-12(22)19-4-3-7(6-19)11(20)21/h1-2,5,7H,3-4,6H2,(H,18,22)(H,20,21). The molecular formula is C13H12BrF3N2O4. The van der Waals surface area contributed by atoms with E-state index in [1.165, 1.54) is 17.0 Å². The van der Waals surface area contributed by atoms with Crippen LogP contribution >= 0.6 is 15.9 Å². The van der Waals surface area contributed by atoms with Gasteiger partial charge in [-0.25, -0.2) is 4.79 Å². The maximum Gasteiger partial charge on any atom is 0.573 e. The number of aliphatic carboxylic acids is 1. The summed E-state index contributed by atoms with van der Waals surface area (Å²) in [6, 6.07) is 3.08. The van der Waals surface area contributed by atoms with E-state index in [0.717, 1.165) is 6.07 Å². The Morgan fingerprint density at radius 1 is 1.39 bits per heavy atom. The summed E-state index contributed by atoms with van der Waals surface area (Å²) in [6.07, 6.45) is -4.44. The van der Waals surface area contributed by atoms with Gasteiger partial charge in [0.05, 0.1) is 10.4 Å². The Hall–Kier alpha value is -1.97. The van der Waals surface area contributed by atoms with Crippen LogP contribution in [-0.4, -0.2) is 41.5 Å². The molecule has 6 nitrogen and oxygen atoms in total. The third-order valence-electron chi connectivity index (χ3n) is 3.23. The number of urea groups is 1. The lowest BCUT2D eigenvalue weighted by Gasteiger charge is -2.17. The van der Waals surface area contributed by atoms with Crippen LogP contribution in [-0.2, 0) is 4.79 Å². The number of ether oxygens (including phenoxy) is 1. The van der Waals surface area contributed by atoms with Crippen molar-refractivity contribution in [3.63, 3.8) is 0 Å². The Labute approximate surface area is 137 Å². The van der Waals surface area contributed by atoms with Crippen LogP contribution in [0.25, 0.3) is 0 Å². The Kier molecular flexibility index (Phi) is 5.03. The van der Waals surface area contributed by atoms with Gasteiger partial charge in [-0.05, 0) is 40.5 Å². The van der Waals surface area contributed by atoms with Crippen molar-refractivity contribution in [3.05, 3.63) is 22.7 Å². The van der Waals surface area contributed by atoms with Gasteiger partial charge in [-0.2, -0.15) is 0 Å². The molecule has 1 aliphatic heterocycles. The number of carbonyl (C=O) groups is 2. The van der Waals surface area contributed by atoms with Gasteiger partial charge in [0, 0.05) is 18.8 Å². The number of amides is 2. The van der Waals surface area contributed by atoms with Crippen LogP contribution in [0.1, 0.15) is 6.42 Å². The molecule has 2 amide bonds. The number of nitrogens with zero attached hydrogens (tertiary/aromatic N) is 1. The summed E-state index contributed by atoms with van der Waals surface area (Å²) >= 11 is 2.93. The molecule has 1 heterocycles. The maximum atomic E-state index is 12.2. The molecule has 1 fully saturated rings. The molecule has 1 aromatic rings. The van der Waals surface area contributed by atoms with Gasteiger partial charge in [-0.1, -0.05) is 0 Å². The number of hydrogen-bond donors (Lipinski definition) is 2. The molecular weight excluding hydrogens is 385 g/mol. The van der Waals surface area contributed by atoms with E-state index >= 15 is 0 Å². The van der Waals surface area contributed by atoms with Gasteiger partial charge in [0.1, 0.15) is 5.75 Å². The zero-order valence-electron chi connectivity index (χ0n) is 11.6. The van der Waals surface area contributed by atoms with Crippen LogP contribution < -0.4 is 10.1 Å². The first kappa shape index (κ1) is 17.4. The Morgan fingerprint density at radius 2 is 2.09 bits per heavy atom. The lowest BCUT2D eigenvalue weighted by molar-refractivity contribution is -0.274. The van der Waals surface area contributed by atoms with Crippen molar-refractivity contribution in [2.24, 2.45) is 5.92 Å². The quantitative estimate of drug-likeness (QED) is 0.821. The van der Waals surface area contributed by atoms with Crippen molar-refractivity contribution >= 4 is 33.6 Å². The largest absolute Gasteiger partial charge is 0.573 e. The average molecular weight is 397 g/mol. The van der Waals surface area contributed by atoms with E-state index < -0.39 is 30.0 Å². The molecule has 2 N–H and O–H groups in total. The fourth-order valence-electron chi connectivity index (χ4n) is 2.13. The highest BCUT2D eigenvalue weighted by atomic mass is 79.9. The second kappa shape index (κ2) is 6.65. The smallest absolute Gasteiger partial charge is 0.481 e. The van der Waals surface area contributed by atoms with Crippen LogP contribution in [0, 0.1) is 5.92 Å². The van der Waals surface area contributed by atoms with Crippen molar-refractivity contribution in [2.75, 3.05) is 18.4 Å². The fourth-order valence-corrected chi connectivity index (χ4v) is 2.59. The molecule has 1 aliphatic rings. The monoisotopic (exact) mass is 396 g/mol. The lowest BCUT2D eigenvalue weighted by atomic mass is 10.1. The fraction of sp³-hybridized carbons (Fsp3) is 0.385. The number of hydrogen-bond acceptors (Lipinski definition) is 3. The minimum atomic E-state index is -4.81. The van der Waals surface area contributed by atoms with E-state index in [2.05, 4.69) is 26.0 Å². The third-order valence-corrected chi connectivity index (χ3v) is 3.85. The molecule has 0 radical (unpaired) electrons. The van der Waals surface area contributed by atoms with Crippen LogP contribution in [0.2, 0.25) is 0 Å². The molecule has 0 saturated carbocycles. The molecule has 1 aromatic carbocycles. The topological polar surface area (TPSA) is 78.9 Å². The van der Waals surface area contributed by atoms with Crippen LogP contribution in [0.3, 0.4) is 0 Å². The zero-order valence-corrected chi connectivity index (χ0v) is 13.1. The highest BCUT2D eigenvalue weighted by molar-refractivity contribution is 9.10. The maximum absolute atomic E-state index is 12.2. The van der Waals surface area contributed by atoms with Crippen molar-refractivity contribution in [1.82, 2.24) is 4.90 Å². The number of rotatable bonds is 3. The first-order valence-electron chi connectivity index (χ1n) is 6.50. The van der Waals surface area contributed by atoms with E-state index in [1.54, 1.807) is 0 Å². The first-order valence-corrected chi connectivity index (χ1v) is 7.29. The normalized spacial score (nSPS) is 17.9. The van der Waals surface area contributed by atoms with E-state index in [0.29, 0.717) is 13.0 Å². The summed E-state index contributed by atoms with van der Waals surface area (Å²) in [4.78, 5) is 24.2. The molecule has 23 heavy (non-hydrogen) atoms. The Bertz CT molecular complexity index is 624. The number of carboxylic acid groups (broad SMARTS) is 1. The van der Waals surface area contributed by atoms with Gasteiger partial charge >= 0.3 is 18.4 Å².